The molecule has 1 unspecified atom stereocenters. The van der Waals surface area contributed by atoms with E-state index in [2.05, 4.69) is 9.88 Å². The number of pyridine rings is 1. The number of nitrogens with two attached hydrogens (primary N) is 1. The van der Waals surface area contributed by atoms with Gasteiger partial charge in [0.1, 0.15) is 11.5 Å². The zero-order valence-corrected chi connectivity index (χ0v) is 20.8. The number of amides is 1. The van der Waals surface area contributed by atoms with Crippen molar-refractivity contribution in [2.75, 3.05) is 33.9 Å². The van der Waals surface area contributed by atoms with Gasteiger partial charge in [0.05, 0.1) is 36.4 Å². The standard InChI is InChI=1S/C26H27ClFN3O5/c1-34-14-16-4-3-9-31(16)13-17(32)10-15-5-6-22(25(28)24(15)27)36-21-7-8-30-20-12-23(35-2)19(26(29)33)11-18(20)21/h5-8,11-12,16H,3-4,9-10,13-14H2,1-2H3,(H2,29,33). The van der Waals surface area contributed by atoms with E-state index in [4.69, 9.17) is 31.5 Å². The largest absolute Gasteiger partial charge is 0.496 e. The fraction of sp³-hybridized carbons (Fsp3) is 0.346. The predicted octanol–water partition coefficient (Wildman–Crippen LogP) is 4.15. The predicted molar refractivity (Wildman–Crippen MR) is 133 cm³/mol. The molecule has 4 rings (SSSR count). The average molecular weight is 516 g/mol. The molecule has 0 aliphatic carbocycles. The summed E-state index contributed by atoms with van der Waals surface area (Å²) < 4.78 is 31.5. The number of hydrogen-bond donors (Lipinski definition) is 1. The average Bonchev–Trinajstić information content (AvgIpc) is 3.29. The van der Waals surface area contributed by atoms with Crippen molar-refractivity contribution in [3.63, 3.8) is 0 Å². The summed E-state index contributed by atoms with van der Waals surface area (Å²) in [7, 11) is 3.06. The Morgan fingerprint density at radius 2 is 2.00 bits per heavy atom. The molecule has 0 spiro atoms. The van der Waals surface area contributed by atoms with E-state index in [1.807, 2.05) is 0 Å². The molecular formula is C26H27ClFN3O5. The van der Waals surface area contributed by atoms with Crippen LogP contribution in [0.15, 0.2) is 36.5 Å². The van der Waals surface area contributed by atoms with Crippen LogP contribution in [0.3, 0.4) is 0 Å². The third-order valence-electron chi connectivity index (χ3n) is 6.26. The minimum atomic E-state index is -0.783. The molecule has 0 saturated carbocycles. The van der Waals surface area contributed by atoms with Crippen LogP contribution < -0.4 is 15.2 Å². The Kier molecular flexibility index (Phi) is 8.03. The van der Waals surface area contributed by atoms with Gasteiger partial charge in [-0.3, -0.25) is 19.5 Å². The molecule has 36 heavy (non-hydrogen) atoms. The molecule has 8 nitrogen and oxygen atoms in total. The lowest BCUT2D eigenvalue weighted by atomic mass is 10.1. The van der Waals surface area contributed by atoms with Crippen LogP contribution in [0.25, 0.3) is 10.9 Å². The zero-order chi connectivity index (χ0) is 25.8. The van der Waals surface area contributed by atoms with Crippen LogP contribution in [0.4, 0.5) is 4.39 Å². The van der Waals surface area contributed by atoms with Crippen molar-refractivity contribution in [3.05, 3.63) is 58.5 Å². The number of aromatic nitrogens is 1. The quantitative estimate of drug-likeness (QED) is 0.432. The number of Topliss-reactive ketones (excluding diaryl/α,β-unsaturated/α-hetero) is 1. The van der Waals surface area contributed by atoms with Crippen LogP contribution in [0.1, 0.15) is 28.8 Å². The van der Waals surface area contributed by atoms with Crippen LogP contribution in [-0.2, 0) is 16.0 Å². The first-order chi connectivity index (χ1) is 17.3. The first-order valence-corrected chi connectivity index (χ1v) is 11.9. The van der Waals surface area contributed by atoms with E-state index in [9.17, 15) is 9.59 Å². The Bertz CT molecular complexity index is 1300. The number of halogens is 2. The summed E-state index contributed by atoms with van der Waals surface area (Å²) in [5.41, 5.74) is 6.46. The van der Waals surface area contributed by atoms with E-state index in [-0.39, 0.29) is 52.6 Å². The molecular weight excluding hydrogens is 489 g/mol. The third kappa shape index (κ3) is 5.43. The van der Waals surface area contributed by atoms with Gasteiger partial charge in [-0.25, -0.2) is 4.39 Å². The molecule has 1 atom stereocenters. The molecule has 0 bridgehead atoms. The molecule has 10 heteroatoms. The van der Waals surface area contributed by atoms with E-state index in [0.29, 0.717) is 23.1 Å². The second-order valence-electron chi connectivity index (χ2n) is 8.63. The van der Waals surface area contributed by atoms with Crippen LogP contribution in [0.2, 0.25) is 5.02 Å². The number of primary amides is 1. The smallest absolute Gasteiger partial charge is 0.252 e. The molecule has 1 aliphatic heterocycles. The van der Waals surface area contributed by atoms with E-state index >= 15 is 4.39 Å². The third-order valence-corrected chi connectivity index (χ3v) is 6.67. The lowest BCUT2D eigenvalue weighted by Crippen LogP contribution is -2.37. The molecule has 190 valence electrons. The molecule has 1 saturated heterocycles. The molecule has 3 aromatic rings. The maximum Gasteiger partial charge on any atom is 0.252 e. The van der Waals surface area contributed by atoms with Crippen molar-refractivity contribution in [2.45, 2.75) is 25.3 Å². The molecule has 1 aliphatic rings. The van der Waals surface area contributed by atoms with Gasteiger partial charge >= 0.3 is 0 Å². The summed E-state index contributed by atoms with van der Waals surface area (Å²) in [6.07, 6.45) is 3.50. The lowest BCUT2D eigenvalue weighted by molar-refractivity contribution is -0.120. The summed E-state index contributed by atoms with van der Waals surface area (Å²) >= 11 is 6.30. The highest BCUT2D eigenvalue weighted by Gasteiger charge is 2.26. The second kappa shape index (κ2) is 11.2. The number of ketones is 1. The van der Waals surface area contributed by atoms with Gasteiger partial charge in [-0.15, -0.1) is 0 Å². The summed E-state index contributed by atoms with van der Waals surface area (Å²) in [5, 5.41) is 0.270. The first-order valence-electron chi connectivity index (χ1n) is 11.5. The fourth-order valence-electron chi connectivity index (χ4n) is 4.48. The van der Waals surface area contributed by atoms with Crippen LogP contribution in [-0.4, -0.2) is 61.5 Å². The highest BCUT2D eigenvalue weighted by atomic mass is 35.5. The molecule has 1 fully saturated rings. The van der Waals surface area contributed by atoms with Crippen molar-refractivity contribution in [2.24, 2.45) is 5.73 Å². The van der Waals surface area contributed by atoms with Crippen molar-refractivity contribution in [1.82, 2.24) is 9.88 Å². The number of hydrogen-bond acceptors (Lipinski definition) is 7. The number of likely N-dealkylation sites (tertiary alicyclic amines) is 1. The van der Waals surface area contributed by atoms with Gasteiger partial charge in [-0.1, -0.05) is 17.7 Å². The van der Waals surface area contributed by atoms with Gasteiger partial charge in [0.25, 0.3) is 5.91 Å². The highest BCUT2D eigenvalue weighted by Crippen LogP contribution is 2.36. The Hall–Kier alpha value is -3.27. The first kappa shape index (κ1) is 25.8. The molecule has 2 aromatic carbocycles. The highest BCUT2D eigenvalue weighted by molar-refractivity contribution is 6.31. The molecule has 2 heterocycles. The number of carbonyl (C=O) groups excluding carboxylic acids is 2. The lowest BCUT2D eigenvalue weighted by Gasteiger charge is -2.23. The van der Waals surface area contributed by atoms with Crippen LogP contribution >= 0.6 is 11.6 Å². The number of methoxy groups -OCH3 is 2. The molecule has 1 amide bonds. The Labute approximate surface area is 213 Å². The van der Waals surface area contributed by atoms with E-state index in [0.717, 1.165) is 19.4 Å². The van der Waals surface area contributed by atoms with Crippen molar-refractivity contribution in [3.8, 4) is 17.2 Å². The summed E-state index contributed by atoms with van der Waals surface area (Å²) in [6, 6.07) is 7.80. The van der Waals surface area contributed by atoms with E-state index < -0.39 is 11.7 Å². The minimum Gasteiger partial charge on any atom is -0.496 e. The van der Waals surface area contributed by atoms with Gasteiger partial charge in [0.15, 0.2) is 17.3 Å². The number of benzene rings is 2. The second-order valence-corrected chi connectivity index (χ2v) is 9.01. The summed E-state index contributed by atoms with van der Waals surface area (Å²) in [5.74, 6) is -1.13. The Morgan fingerprint density at radius 1 is 1.19 bits per heavy atom. The molecule has 2 N–H and O–H groups in total. The minimum absolute atomic E-state index is 0.00614. The Morgan fingerprint density at radius 3 is 2.72 bits per heavy atom. The van der Waals surface area contributed by atoms with Gasteiger partial charge in [-0.05, 0) is 43.1 Å². The van der Waals surface area contributed by atoms with Crippen molar-refractivity contribution >= 4 is 34.2 Å². The SMILES string of the molecule is COCC1CCCN1CC(=O)Cc1ccc(Oc2ccnc3cc(OC)c(C(N)=O)cc23)c(F)c1Cl. The van der Waals surface area contributed by atoms with Crippen molar-refractivity contribution in [1.29, 1.82) is 0 Å². The van der Waals surface area contributed by atoms with Crippen LogP contribution in [0.5, 0.6) is 17.2 Å². The normalized spacial score (nSPS) is 15.8. The molecule has 0 radical (unpaired) electrons. The van der Waals surface area contributed by atoms with Gasteiger partial charge in [0.2, 0.25) is 0 Å². The maximum absolute atomic E-state index is 15.2. The van der Waals surface area contributed by atoms with Crippen molar-refractivity contribution < 1.29 is 28.2 Å². The molecule has 1 aromatic heterocycles. The maximum atomic E-state index is 15.2. The van der Waals surface area contributed by atoms with Crippen LogP contribution in [0, 0.1) is 5.82 Å². The number of nitrogens with zero attached hydrogens (tertiary/aromatic N) is 2. The summed E-state index contributed by atoms with van der Waals surface area (Å²) in [4.78, 5) is 30.9. The fourth-order valence-corrected chi connectivity index (χ4v) is 4.71. The number of carbonyl (C=O) groups is 2. The monoisotopic (exact) mass is 515 g/mol. The summed E-state index contributed by atoms with van der Waals surface area (Å²) in [6.45, 7) is 1.67. The van der Waals surface area contributed by atoms with Gasteiger partial charge < -0.3 is 19.9 Å². The Balaban J connectivity index is 1.55. The van der Waals surface area contributed by atoms with Gasteiger partial charge in [0, 0.05) is 37.2 Å². The zero-order valence-electron chi connectivity index (χ0n) is 20.1. The van der Waals surface area contributed by atoms with E-state index in [1.54, 1.807) is 19.2 Å². The topological polar surface area (TPSA) is 104 Å². The van der Waals surface area contributed by atoms with E-state index in [1.165, 1.54) is 31.5 Å². The number of rotatable bonds is 10. The number of ether oxygens (including phenoxy) is 3. The number of fused-ring (bicyclic) bond motifs is 1. The van der Waals surface area contributed by atoms with Gasteiger partial charge in [-0.2, -0.15) is 0 Å².